The summed E-state index contributed by atoms with van der Waals surface area (Å²) in [6.07, 6.45) is 3.84. The molecule has 0 aromatic heterocycles. The first-order chi connectivity index (χ1) is 10.1. The minimum absolute atomic E-state index is 0.142. The van der Waals surface area contributed by atoms with Crippen LogP contribution in [-0.2, 0) is 11.3 Å². The number of benzene rings is 1. The minimum Gasteiger partial charge on any atom is -0.494 e. The van der Waals surface area contributed by atoms with E-state index in [0.29, 0.717) is 19.1 Å². The summed E-state index contributed by atoms with van der Waals surface area (Å²) < 4.78 is 6.84. The number of amides is 1. The maximum atomic E-state index is 11.5. The molecule has 4 nitrogen and oxygen atoms in total. The maximum absolute atomic E-state index is 11.5. The average molecular weight is 355 g/mol. The summed E-state index contributed by atoms with van der Waals surface area (Å²) in [5.74, 6) is 1.01. The van der Waals surface area contributed by atoms with Crippen LogP contribution in [0.25, 0.3) is 0 Å². The van der Waals surface area contributed by atoms with Gasteiger partial charge >= 0.3 is 0 Å². The summed E-state index contributed by atoms with van der Waals surface area (Å²) >= 11 is 3.57. The van der Waals surface area contributed by atoms with Gasteiger partial charge in [0, 0.05) is 37.6 Å². The van der Waals surface area contributed by atoms with Crippen molar-refractivity contribution in [2.24, 2.45) is 0 Å². The number of rotatable bonds is 8. The lowest BCUT2D eigenvalue weighted by Crippen LogP contribution is -2.21. The van der Waals surface area contributed by atoms with Crippen LogP contribution in [0.1, 0.15) is 31.2 Å². The minimum atomic E-state index is 0.142. The van der Waals surface area contributed by atoms with E-state index in [0.717, 1.165) is 23.2 Å². The Morgan fingerprint density at radius 2 is 2.19 bits per heavy atom. The van der Waals surface area contributed by atoms with Crippen molar-refractivity contribution in [3.8, 4) is 5.75 Å². The van der Waals surface area contributed by atoms with E-state index in [2.05, 4.69) is 27.3 Å². The fourth-order valence-corrected chi connectivity index (χ4v) is 2.34. The van der Waals surface area contributed by atoms with E-state index in [-0.39, 0.29) is 5.91 Å². The van der Waals surface area contributed by atoms with Gasteiger partial charge in [0.05, 0.1) is 6.61 Å². The fraction of sp³-hybridized carbons (Fsp3) is 0.562. The molecule has 0 saturated heterocycles. The van der Waals surface area contributed by atoms with Gasteiger partial charge in [0.1, 0.15) is 5.75 Å². The Morgan fingerprint density at radius 1 is 1.43 bits per heavy atom. The molecule has 1 amide bonds. The molecule has 1 aromatic rings. The van der Waals surface area contributed by atoms with E-state index >= 15 is 0 Å². The summed E-state index contributed by atoms with van der Waals surface area (Å²) in [6.45, 7) is 1.43. The number of carbonyl (C=O) groups is 1. The molecule has 0 atom stereocenters. The third kappa shape index (κ3) is 5.67. The van der Waals surface area contributed by atoms with Gasteiger partial charge in [0.25, 0.3) is 0 Å². The highest BCUT2D eigenvalue weighted by atomic mass is 79.9. The van der Waals surface area contributed by atoms with E-state index in [1.54, 1.807) is 19.0 Å². The van der Waals surface area contributed by atoms with Gasteiger partial charge in [-0.2, -0.15) is 0 Å². The molecule has 0 heterocycles. The second-order valence-corrected chi connectivity index (χ2v) is 6.50. The molecule has 1 aromatic carbocycles. The van der Waals surface area contributed by atoms with E-state index < -0.39 is 0 Å². The van der Waals surface area contributed by atoms with E-state index in [1.807, 2.05) is 12.1 Å². The normalized spacial score (nSPS) is 14.0. The van der Waals surface area contributed by atoms with Crippen molar-refractivity contribution in [1.82, 2.24) is 10.2 Å². The van der Waals surface area contributed by atoms with Crippen LogP contribution in [0.3, 0.4) is 0 Å². The van der Waals surface area contributed by atoms with Crippen LogP contribution in [0.4, 0.5) is 0 Å². The standard InChI is InChI=1S/C16H23BrN2O2/c1-19(2)16(20)4-3-9-21-14-7-8-15(17)12(10-14)11-18-13-5-6-13/h7-8,10,13,18H,3-6,9,11H2,1-2H3. The van der Waals surface area contributed by atoms with Gasteiger partial charge in [-0.1, -0.05) is 15.9 Å². The zero-order valence-electron chi connectivity index (χ0n) is 12.7. The Kier molecular flexibility index (Phi) is 6.06. The number of ether oxygens (including phenoxy) is 1. The monoisotopic (exact) mass is 354 g/mol. The first kappa shape index (κ1) is 16.3. The molecule has 1 N–H and O–H groups in total. The van der Waals surface area contributed by atoms with Crippen molar-refractivity contribution in [2.45, 2.75) is 38.3 Å². The molecular formula is C16H23BrN2O2. The van der Waals surface area contributed by atoms with Crippen LogP contribution >= 0.6 is 15.9 Å². The van der Waals surface area contributed by atoms with Crippen molar-refractivity contribution in [2.75, 3.05) is 20.7 Å². The molecule has 21 heavy (non-hydrogen) atoms. The first-order valence-electron chi connectivity index (χ1n) is 7.41. The summed E-state index contributed by atoms with van der Waals surface area (Å²) in [5, 5.41) is 3.50. The van der Waals surface area contributed by atoms with Crippen molar-refractivity contribution in [1.29, 1.82) is 0 Å². The van der Waals surface area contributed by atoms with Crippen LogP contribution in [0.2, 0.25) is 0 Å². The van der Waals surface area contributed by atoms with Crippen molar-refractivity contribution in [3.05, 3.63) is 28.2 Å². The molecule has 1 fully saturated rings. The zero-order chi connectivity index (χ0) is 15.2. The summed E-state index contributed by atoms with van der Waals surface area (Å²) in [4.78, 5) is 13.1. The van der Waals surface area contributed by atoms with Crippen LogP contribution < -0.4 is 10.1 Å². The number of hydrogen-bond donors (Lipinski definition) is 1. The Morgan fingerprint density at radius 3 is 2.86 bits per heavy atom. The molecule has 1 aliphatic carbocycles. The van der Waals surface area contributed by atoms with Gasteiger partial charge in [-0.05, 0) is 43.0 Å². The second-order valence-electron chi connectivity index (χ2n) is 5.65. The van der Waals surface area contributed by atoms with Crippen LogP contribution in [0.15, 0.2) is 22.7 Å². The molecular weight excluding hydrogens is 332 g/mol. The topological polar surface area (TPSA) is 41.6 Å². The lowest BCUT2D eigenvalue weighted by molar-refractivity contribution is -0.128. The van der Waals surface area contributed by atoms with E-state index in [4.69, 9.17) is 4.74 Å². The molecule has 0 bridgehead atoms. The van der Waals surface area contributed by atoms with Gasteiger partial charge in [-0.3, -0.25) is 4.79 Å². The Bertz CT molecular complexity index is 487. The quantitative estimate of drug-likeness (QED) is 0.729. The lowest BCUT2D eigenvalue weighted by Gasteiger charge is -2.12. The Hall–Kier alpha value is -1.07. The average Bonchev–Trinajstić information content (AvgIpc) is 3.27. The second kappa shape index (κ2) is 7.80. The third-order valence-corrected chi connectivity index (χ3v) is 4.25. The molecule has 1 saturated carbocycles. The van der Waals surface area contributed by atoms with E-state index in [9.17, 15) is 4.79 Å². The molecule has 0 unspecified atom stereocenters. The highest BCUT2D eigenvalue weighted by Crippen LogP contribution is 2.25. The number of halogens is 1. The van der Waals surface area contributed by atoms with Crippen LogP contribution in [0.5, 0.6) is 5.75 Å². The Balaban J connectivity index is 1.77. The van der Waals surface area contributed by atoms with Gasteiger partial charge < -0.3 is 15.0 Å². The highest BCUT2D eigenvalue weighted by Gasteiger charge is 2.20. The Labute approximate surface area is 135 Å². The lowest BCUT2D eigenvalue weighted by atomic mass is 10.2. The molecule has 116 valence electrons. The highest BCUT2D eigenvalue weighted by molar-refractivity contribution is 9.10. The van der Waals surface area contributed by atoms with Crippen molar-refractivity contribution in [3.63, 3.8) is 0 Å². The largest absolute Gasteiger partial charge is 0.494 e. The number of hydrogen-bond acceptors (Lipinski definition) is 3. The summed E-state index contributed by atoms with van der Waals surface area (Å²) in [7, 11) is 3.55. The number of nitrogens with one attached hydrogen (secondary N) is 1. The number of nitrogens with zero attached hydrogens (tertiary/aromatic N) is 1. The molecule has 0 aliphatic heterocycles. The van der Waals surface area contributed by atoms with Gasteiger partial charge in [-0.25, -0.2) is 0 Å². The first-order valence-corrected chi connectivity index (χ1v) is 8.20. The van der Waals surface area contributed by atoms with Crippen LogP contribution in [-0.4, -0.2) is 37.6 Å². The maximum Gasteiger partial charge on any atom is 0.222 e. The molecule has 0 spiro atoms. The SMILES string of the molecule is CN(C)C(=O)CCCOc1ccc(Br)c(CNC2CC2)c1. The predicted octanol–water partition coefficient (Wildman–Crippen LogP) is 2.95. The third-order valence-electron chi connectivity index (χ3n) is 3.48. The smallest absolute Gasteiger partial charge is 0.222 e. The fourth-order valence-electron chi connectivity index (χ4n) is 1.96. The summed E-state index contributed by atoms with van der Waals surface area (Å²) in [5.41, 5.74) is 1.21. The van der Waals surface area contributed by atoms with E-state index in [1.165, 1.54) is 18.4 Å². The molecule has 5 heteroatoms. The number of carbonyl (C=O) groups excluding carboxylic acids is 1. The predicted molar refractivity (Wildman–Crippen MR) is 87.4 cm³/mol. The van der Waals surface area contributed by atoms with Crippen molar-refractivity contribution < 1.29 is 9.53 Å². The molecule has 1 aliphatic rings. The van der Waals surface area contributed by atoms with Gasteiger partial charge in [0.2, 0.25) is 5.91 Å². The molecule has 2 rings (SSSR count). The molecule has 0 radical (unpaired) electrons. The van der Waals surface area contributed by atoms with Gasteiger partial charge in [-0.15, -0.1) is 0 Å². The summed E-state index contributed by atoms with van der Waals surface area (Å²) in [6, 6.07) is 6.73. The van der Waals surface area contributed by atoms with Crippen LogP contribution in [0, 0.1) is 0 Å². The van der Waals surface area contributed by atoms with Crippen molar-refractivity contribution >= 4 is 21.8 Å². The zero-order valence-corrected chi connectivity index (χ0v) is 14.3. The van der Waals surface area contributed by atoms with Gasteiger partial charge in [0.15, 0.2) is 0 Å².